The van der Waals surface area contributed by atoms with Gasteiger partial charge in [-0.15, -0.1) is 0 Å². The average Bonchev–Trinajstić information content (AvgIpc) is 3.16. The number of nitrogens with zero attached hydrogens (tertiary/aromatic N) is 2. The summed E-state index contributed by atoms with van der Waals surface area (Å²) in [6.45, 7) is 6.17. The van der Waals surface area contributed by atoms with Crippen LogP contribution in [0.3, 0.4) is 0 Å². The van der Waals surface area contributed by atoms with Gasteiger partial charge in [0.25, 0.3) is 5.91 Å². The van der Waals surface area contributed by atoms with Crippen LogP contribution >= 0.6 is 0 Å². The van der Waals surface area contributed by atoms with E-state index in [2.05, 4.69) is 29.3 Å². The third-order valence-corrected chi connectivity index (χ3v) is 4.55. The molecule has 0 spiro atoms. The third kappa shape index (κ3) is 3.99. The van der Waals surface area contributed by atoms with Crippen LogP contribution in [0.15, 0.2) is 59.1 Å². The van der Waals surface area contributed by atoms with Gasteiger partial charge in [0.05, 0.1) is 0 Å². The normalized spacial score (nSPS) is 13.2. The molecule has 0 aliphatic heterocycles. The number of rotatable bonds is 6. The highest BCUT2D eigenvalue weighted by molar-refractivity contribution is 5.94. The maximum absolute atomic E-state index is 12.6. The van der Waals surface area contributed by atoms with E-state index in [1.165, 1.54) is 5.56 Å². The summed E-state index contributed by atoms with van der Waals surface area (Å²) in [7, 11) is 0. The summed E-state index contributed by atoms with van der Waals surface area (Å²) in [6, 6.07) is 16.8. The van der Waals surface area contributed by atoms with Crippen molar-refractivity contribution in [2.24, 2.45) is 5.92 Å². The third-order valence-electron chi connectivity index (χ3n) is 4.55. The lowest BCUT2D eigenvalue weighted by atomic mass is 9.98. The maximum Gasteiger partial charge on any atom is 0.251 e. The molecule has 134 valence electrons. The van der Waals surface area contributed by atoms with Crippen LogP contribution in [-0.2, 0) is 0 Å². The molecule has 3 rings (SSSR count). The molecule has 0 radical (unpaired) electrons. The standard InChI is InChI=1S/C21H23N3O2/c1-4-15(3)18(22-20(25)17-8-6-5-7-9-17)21-23-19(24-26-21)16-12-10-14(2)11-13-16/h5-13,15,18H,4H2,1-3H3,(H,22,25)/t15-,18-/m1/s1. The van der Waals surface area contributed by atoms with Crippen molar-refractivity contribution in [2.75, 3.05) is 0 Å². The van der Waals surface area contributed by atoms with Crippen molar-refractivity contribution in [3.63, 3.8) is 0 Å². The largest absolute Gasteiger partial charge is 0.340 e. The van der Waals surface area contributed by atoms with Gasteiger partial charge in [0, 0.05) is 11.1 Å². The molecule has 0 aliphatic rings. The first-order valence-electron chi connectivity index (χ1n) is 8.85. The number of aryl methyl sites for hydroxylation is 1. The molecule has 1 aromatic heterocycles. The lowest BCUT2D eigenvalue weighted by Crippen LogP contribution is -2.32. The number of nitrogens with one attached hydrogen (secondary N) is 1. The van der Waals surface area contributed by atoms with Crippen LogP contribution in [0, 0.1) is 12.8 Å². The van der Waals surface area contributed by atoms with Crippen LogP contribution in [0.4, 0.5) is 0 Å². The Labute approximate surface area is 153 Å². The van der Waals surface area contributed by atoms with E-state index in [1.54, 1.807) is 12.1 Å². The van der Waals surface area contributed by atoms with Gasteiger partial charge in [-0.05, 0) is 25.0 Å². The van der Waals surface area contributed by atoms with Crippen molar-refractivity contribution in [3.05, 3.63) is 71.6 Å². The fourth-order valence-electron chi connectivity index (χ4n) is 2.68. The molecule has 1 heterocycles. The van der Waals surface area contributed by atoms with Crippen molar-refractivity contribution in [1.29, 1.82) is 0 Å². The van der Waals surface area contributed by atoms with Crippen LogP contribution in [-0.4, -0.2) is 16.0 Å². The molecule has 3 aromatic rings. The van der Waals surface area contributed by atoms with Crippen LogP contribution < -0.4 is 5.32 Å². The number of hydrogen-bond acceptors (Lipinski definition) is 4. The number of carbonyl (C=O) groups excluding carboxylic acids is 1. The second kappa shape index (κ2) is 7.95. The molecule has 0 unspecified atom stereocenters. The molecule has 2 atom stereocenters. The van der Waals surface area contributed by atoms with Gasteiger partial charge in [0.2, 0.25) is 11.7 Å². The Kier molecular flexibility index (Phi) is 5.46. The Hall–Kier alpha value is -2.95. The van der Waals surface area contributed by atoms with E-state index >= 15 is 0 Å². The second-order valence-electron chi connectivity index (χ2n) is 6.52. The van der Waals surface area contributed by atoms with E-state index < -0.39 is 0 Å². The van der Waals surface area contributed by atoms with Crippen LogP contribution in [0.5, 0.6) is 0 Å². The SMILES string of the molecule is CC[C@@H](C)[C@@H](NC(=O)c1ccccc1)c1nc(-c2ccc(C)cc2)no1. The molecular formula is C21H23N3O2. The average molecular weight is 349 g/mol. The smallest absolute Gasteiger partial charge is 0.251 e. The predicted molar refractivity (Wildman–Crippen MR) is 101 cm³/mol. The first-order valence-corrected chi connectivity index (χ1v) is 8.85. The zero-order valence-electron chi connectivity index (χ0n) is 15.3. The van der Waals surface area contributed by atoms with E-state index in [4.69, 9.17) is 4.52 Å². The molecule has 5 heteroatoms. The van der Waals surface area contributed by atoms with E-state index in [9.17, 15) is 4.79 Å². The Morgan fingerprint density at radius 1 is 1.12 bits per heavy atom. The van der Waals surface area contributed by atoms with Crippen molar-refractivity contribution < 1.29 is 9.32 Å². The monoisotopic (exact) mass is 349 g/mol. The van der Waals surface area contributed by atoms with Crippen LogP contribution in [0.25, 0.3) is 11.4 Å². The minimum atomic E-state index is -0.334. The van der Waals surface area contributed by atoms with Gasteiger partial charge in [0.15, 0.2) is 0 Å². The quantitative estimate of drug-likeness (QED) is 0.708. The summed E-state index contributed by atoms with van der Waals surface area (Å²) in [6.07, 6.45) is 0.877. The maximum atomic E-state index is 12.6. The zero-order valence-corrected chi connectivity index (χ0v) is 15.3. The summed E-state index contributed by atoms with van der Waals surface area (Å²) in [5.74, 6) is 0.974. The molecule has 0 bridgehead atoms. The highest BCUT2D eigenvalue weighted by atomic mass is 16.5. The van der Waals surface area contributed by atoms with Gasteiger partial charge in [0.1, 0.15) is 6.04 Å². The Morgan fingerprint density at radius 3 is 2.46 bits per heavy atom. The molecule has 1 amide bonds. The molecule has 0 saturated carbocycles. The first kappa shape index (κ1) is 17.9. The second-order valence-corrected chi connectivity index (χ2v) is 6.52. The Bertz CT molecular complexity index is 856. The highest BCUT2D eigenvalue weighted by Gasteiger charge is 2.26. The molecular weight excluding hydrogens is 326 g/mol. The Balaban J connectivity index is 1.84. The predicted octanol–water partition coefficient (Wildman–Crippen LogP) is 4.56. The molecule has 2 aromatic carbocycles. The minimum Gasteiger partial charge on any atom is -0.340 e. The molecule has 1 N–H and O–H groups in total. The van der Waals surface area contributed by atoms with Gasteiger partial charge in [-0.2, -0.15) is 4.98 Å². The van der Waals surface area contributed by atoms with E-state index in [1.807, 2.05) is 49.4 Å². The highest BCUT2D eigenvalue weighted by Crippen LogP contribution is 2.26. The number of amides is 1. The first-order chi connectivity index (χ1) is 12.6. The van der Waals surface area contributed by atoms with Crippen LogP contribution in [0.2, 0.25) is 0 Å². The Morgan fingerprint density at radius 2 is 1.81 bits per heavy atom. The van der Waals surface area contributed by atoms with Crippen molar-refractivity contribution >= 4 is 5.91 Å². The minimum absolute atomic E-state index is 0.147. The van der Waals surface area contributed by atoms with E-state index in [0.717, 1.165) is 12.0 Å². The van der Waals surface area contributed by atoms with Crippen molar-refractivity contribution in [2.45, 2.75) is 33.2 Å². The lowest BCUT2D eigenvalue weighted by Gasteiger charge is -2.20. The van der Waals surface area contributed by atoms with Gasteiger partial charge in [-0.3, -0.25) is 4.79 Å². The number of carbonyl (C=O) groups is 1. The van der Waals surface area contributed by atoms with Crippen molar-refractivity contribution in [1.82, 2.24) is 15.5 Å². The fourth-order valence-corrected chi connectivity index (χ4v) is 2.68. The fraction of sp³-hybridized carbons (Fsp3) is 0.286. The van der Waals surface area contributed by atoms with Gasteiger partial charge in [-0.1, -0.05) is 73.5 Å². The van der Waals surface area contributed by atoms with Crippen molar-refractivity contribution in [3.8, 4) is 11.4 Å². The summed E-state index contributed by atoms with van der Waals surface area (Å²) in [5.41, 5.74) is 2.67. The number of benzene rings is 2. The molecule has 26 heavy (non-hydrogen) atoms. The topological polar surface area (TPSA) is 68.0 Å². The van der Waals surface area contributed by atoms with Gasteiger partial charge >= 0.3 is 0 Å². The van der Waals surface area contributed by atoms with E-state index in [0.29, 0.717) is 17.3 Å². The summed E-state index contributed by atoms with van der Waals surface area (Å²) in [4.78, 5) is 17.1. The molecule has 0 aliphatic carbocycles. The molecule has 0 saturated heterocycles. The summed E-state index contributed by atoms with van der Waals surface area (Å²) >= 11 is 0. The van der Waals surface area contributed by atoms with Crippen LogP contribution in [0.1, 0.15) is 48.1 Å². The number of hydrogen-bond donors (Lipinski definition) is 1. The summed E-state index contributed by atoms with van der Waals surface area (Å²) in [5, 5.41) is 7.14. The van der Waals surface area contributed by atoms with Gasteiger partial charge < -0.3 is 9.84 Å². The lowest BCUT2D eigenvalue weighted by molar-refractivity contribution is 0.0910. The molecule has 5 nitrogen and oxygen atoms in total. The molecule has 0 fully saturated rings. The van der Waals surface area contributed by atoms with E-state index in [-0.39, 0.29) is 17.9 Å². The number of aromatic nitrogens is 2. The summed E-state index contributed by atoms with van der Waals surface area (Å²) < 4.78 is 5.50. The van der Waals surface area contributed by atoms with Gasteiger partial charge in [-0.25, -0.2) is 0 Å². The zero-order chi connectivity index (χ0) is 18.5.